The molecule has 0 spiro atoms. The van der Waals surface area contributed by atoms with Crippen molar-refractivity contribution in [2.24, 2.45) is 11.7 Å². The third-order valence-electron chi connectivity index (χ3n) is 1.92. The Hall–Kier alpha value is 0.190. The van der Waals surface area contributed by atoms with Crippen LogP contribution in [0.5, 0.6) is 0 Å². The molecular formula is C9H21NO3S. The molecule has 4 N–H and O–H groups in total. The van der Waals surface area contributed by atoms with Gasteiger partial charge in [0.1, 0.15) is 0 Å². The van der Waals surface area contributed by atoms with E-state index in [1.54, 1.807) is 18.9 Å². The van der Waals surface area contributed by atoms with Gasteiger partial charge in [0.05, 0.1) is 13.2 Å². The minimum atomic E-state index is -0.152. The van der Waals surface area contributed by atoms with Gasteiger partial charge in [-0.1, -0.05) is 6.92 Å². The van der Waals surface area contributed by atoms with Gasteiger partial charge in [0.2, 0.25) is 0 Å². The fourth-order valence-electron chi connectivity index (χ4n) is 0.952. The molecular weight excluding hydrogens is 202 g/mol. The number of hydrogen-bond acceptors (Lipinski definition) is 5. The highest BCUT2D eigenvalue weighted by Crippen LogP contribution is 2.17. The van der Waals surface area contributed by atoms with E-state index in [0.29, 0.717) is 6.61 Å². The first-order valence-electron chi connectivity index (χ1n) is 4.73. The van der Waals surface area contributed by atoms with Crippen LogP contribution in [0, 0.1) is 5.92 Å². The van der Waals surface area contributed by atoms with Gasteiger partial charge in [-0.15, -0.1) is 0 Å². The molecule has 0 rings (SSSR count). The van der Waals surface area contributed by atoms with Crippen molar-refractivity contribution in [1.82, 2.24) is 0 Å². The van der Waals surface area contributed by atoms with Crippen molar-refractivity contribution >= 4 is 11.8 Å². The zero-order chi connectivity index (χ0) is 11.0. The molecule has 0 saturated heterocycles. The Morgan fingerprint density at radius 1 is 1.36 bits per heavy atom. The van der Waals surface area contributed by atoms with Gasteiger partial charge in [-0.05, 0) is 11.7 Å². The number of rotatable bonds is 8. The molecule has 4 nitrogen and oxygen atoms in total. The predicted molar refractivity (Wildman–Crippen MR) is 59.4 cm³/mol. The molecule has 86 valence electrons. The van der Waals surface area contributed by atoms with Crippen LogP contribution in [0.4, 0.5) is 0 Å². The van der Waals surface area contributed by atoms with Crippen LogP contribution in [-0.4, -0.2) is 54.2 Å². The van der Waals surface area contributed by atoms with Gasteiger partial charge in [0.25, 0.3) is 0 Å². The number of ether oxygens (including phenoxy) is 1. The first kappa shape index (κ1) is 14.2. The Labute approximate surface area is 89.8 Å². The molecule has 0 aliphatic rings. The maximum Gasteiger partial charge on any atom is 0.0625 e. The highest BCUT2D eigenvalue weighted by atomic mass is 32.2. The van der Waals surface area contributed by atoms with E-state index in [4.69, 9.17) is 20.7 Å². The molecule has 3 atom stereocenters. The van der Waals surface area contributed by atoms with E-state index in [1.165, 1.54) is 0 Å². The molecule has 0 fully saturated rings. The fraction of sp³-hybridized carbons (Fsp3) is 1.00. The Balaban J connectivity index is 3.77. The van der Waals surface area contributed by atoms with Crippen molar-refractivity contribution in [3.8, 4) is 0 Å². The summed E-state index contributed by atoms with van der Waals surface area (Å²) in [7, 11) is 1.59. The van der Waals surface area contributed by atoms with Crippen LogP contribution in [0.1, 0.15) is 6.92 Å². The first-order chi connectivity index (χ1) is 6.65. The summed E-state index contributed by atoms with van der Waals surface area (Å²) in [4.78, 5) is 0. The second-order valence-corrected chi connectivity index (χ2v) is 4.73. The van der Waals surface area contributed by atoms with Gasteiger partial charge in [0.15, 0.2) is 0 Å². The van der Waals surface area contributed by atoms with Crippen LogP contribution >= 0.6 is 11.8 Å². The third kappa shape index (κ3) is 5.82. The molecule has 0 amide bonds. The molecule has 0 aromatic rings. The standard InChI is InChI=1S/C9H21NO3S/c1-7(3-11)6-14-9(4-12)8(10)5-13-2/h7-9,11-12H,3-6,10H2,1-2H3. The minimum absolute atomic E-state index is 0.0102. The van der Waals surface area contributed by atoms with Crippen molar-refractivity contribution in [2.45, 2.75) is 18.2 Å². The predicted octanol–water partition coefficient (Wildman–Crippen LogP) is -0.317. The van der Waals surface area contributed by atoms with Crippen LogP contribution in [-0.2, 0) is 4.74 Å². The van der Waals surface area contributed by atoms with Crippen molar-refractivity contribution < 1.29 is 14.9 Å². The number of nitrogens with two attached hydrogens (primary N) is 1. The van der Waals surface area contributed by atoms with Crippen molar-refractivity contribution in [3.05, 3.63) is 0 Å². The molecule has 0 aromatic heterocycles. The summed E-state index contributed by atoms with van der Waals surface area (Å²) in [5.74, 6) is 1.04. The SMILES string of the molecule is COCC(N)C(CO)SCC(C)CO. The molecule has 0 heterocycles. The summed E-state index contributed by atoms with van der Waals surface area (Å²) in [5, 5.41) is 17.9. The van der Waals surface area contributed by atoms with Crippen molar-refractivity contribution in [2.75, 3.05) is 32.7 Å². The summed E-state index contributed by atoms with van der Waals surface area (Å²) < 4.78 is 4.92. The molecule has 0 bridgehead atoms. The zero-order valence-corrected chi connectivity index (χ0v) is 9.67. The summed E-state index contributed by atoms with van der Waals surface area (Å²) in [5.41, 5.74) is 5.80. The second kappa shape index (κ2) is 8.49. The topological polar surface area (TPSA) is 75.7 Å². The van der Waals surface area contributed by atoms with Gasteiger partial charge in [0, 0.05) is 25.0 Å². The molecule has 0 saturated carbocycles. The monoisotopic (exact) mass is 223 g/mol. The van der Waals surface area contributed by atoms with E-state index < -0.39 is 0 Å². The Morgan fingerprint density at radius 2 is 2.00 bits per heavy atom. The van der Waals surface area contributed by atoms with Gasteiger partial charge in [-0.25, -0.2) is 0 Å². The van der Waals surface area contributed by atoms with Gasteiger partial charge < -0.3 is 20.7 Å². The number of aliphatic hydroxyl groups is 2. The van der Waals surface area contributed by atoms with Crippen LogP contribution in [0.3, 0.4) is 0 Å². The van der Waals surface area contributed by atoms with Crippen molar-refractivity contribution in [3.63, 3.8) is 0 Å². The number of methoxy groups -OCH3 is 1. The maximum absolute atomic E-state index is 9.09. The molecule has 0 aliphatic carbocycles. The number of aliphatic hydroxyl groups excluding tert-OH is 2. The lowest BCUT2D eigenvalue weighted by Gasteiger charge is -2.21. The average Bonchev–Trinajstić information content (AvgIpc) is 2.18. The molecule has 3 unspecified atom stereocenters. The van der Waals surface area contributed by atoms with Crippen LogP contribution in [0.2, 0.25) is 0 Å². The molecule has 14 heavy (non-hydrogen) atoms. The molecule has 0 aliphatic heterocycles. The van der Waals surface area contributed by atoms with Crippen LogP contribution in [0.25, 0.3) is 0 Å². The Kier molecular flexibility index (Phi) is 8.61. The normalized spacial score (nSPS) is 17.8. The maximum atomic E-state index is 9.09. The highest BCUT2D eigenvalue weighted by Gasteiger charge is 2.18. The highest BCUT2D eigenvalue weighted by molar-refractivity contribution is 8.00. The van der Waals surface area contributed by atoms with E-state index in [2.05, 4.69) is 0 Å². The van der Waals surface area contributed by atoms with Gasteiger partial charge in [-0.2, -0.15) is 11.8 Å². The summed E-state index contributed by atoms with van der Waals surface area (Å²) >= 11 is 1.59. The quantitative estimate of drug-likeness (QED) is 0.526. The van der Waals surface area contributed by atoms with E-state index in [1.807, 2.05) is 6.92 Å². The zero-order valence-electron chi connectivity index (χ0n) is 8.85. The lowest BCUT2D eigenvalue weighted by molar-refractivity contribution is 0.167. The van der Waals surface area contributed by atoms with Gasteiger partial charge in [-0.3, -0.25) is 0 Å². The third-order valence-corrected chi connectivity index (χ3v) is 3.61. The smallest absolute Gasteiger partial charge is 0.0625 e. The fourth-order valence-corrected chi connectivity index (χ4v) is 2.06. The lowest BCUT2D eigenvalue weighted by atomic mass is 10.2. The number of thioether (sulfide) groups is 1. The second-order valence-electron chi connectivity index (χ2n) is 3.46. The Bertz CT molecular complexity index is 137. The molecule has 0 radical (unpaired) electrons. The first-order valence-corrected chi connectivity index (χ1v) is 5.78. The summed E-state index contributed by atoms with van der Waals surface area (Å²) in [6, 6.07) is -0.152. The van der Waals surface area contributed by atoms with Crippen LogP contribution < -0.4 is 5.73 Å². The van der Waals surface area contributed by atoms with Crippen molar-refractivity contribution in [1.29, 1.82) is 0 Å². The molecule has 0 aromatic carbocycles. The largest absolute Gasteiger partial charge is 0.396 e. The lowest BCUT2D eigenvalue weighted by Crippen LogP contribution is -2.39. The summed E-state index contributed by atoms with van der Waals surface area (Å²) in [6.45, 7) is 2.63. The van der Waals surface area contributed by atoms with E-state index in [9.17, 15) is 0 Å². The van der Waals surface area contributed by atoms with E-state index >= 15 is 0 Å². The number of hydrogen-bond donors (Lipinski definition) is 3. The summed E-state index contributed by atoms with van der Waals surface area (Å²) in [6.07, 6.45) is 0. The Morgan fingerprint density at radius 3 is 2.43 bits per heavy atom. The van der Waals surface area contributed by atoms with Gasteiger partial charge >= 0.3 is 0 Å². The van der Waals surface area contributed by atoms with Crippen LogP contribution in [0.15, 0.2) is 0 Å². The molecule has 5 heteroatoms. The van der Waals surface area contributed by atoms with E-state index in [0.717, 1.165) is 5.75 Å². The minimum Gasteiger partial charge on any atom is -0.396 e. The van der Waals surface area contributed by atoms with E-state index in [-0.39, 0.29) is 30.4 Å². The average molecular weight is 223 g/mol.